The number of carbonyl (C=O) groups excluding carboxylic acids is 3. The Balaban J connectivity index is 1.55. The van der Waals surface area contributed by atoms with E-state index in [9.17, 15) is 14.4 Å². The van der Waals surface area contributed by atoms with Crippen LogP contribution in [0.2, 0.25) is 0 Å². The van der Waals surface area contributed by atoms with Crippen molar-refractivity contribution in [3.8, 4) is 0 Å². The lowest BCUT2D eigenvalue weighted by molar-refractivity contribution is -0.144. The van der Waals surface area contributed by atoms with Crippen molar-refractivity contribution in [1.29, 1.82) is 0 Å². The first-order chi connectivity index (χ1) is 15.3. The normalized spacial score (nSPS) is 11.8. The zero-order valence-electron chi connectivity index (χ0n) is 18.8. The third-order valence-corrected chi connectivity index (χ3v) is 6.30. The van der Waals surface area contributed by atoms with E-state index in [-0.39, 0.29) is 18.3 Å². The molecule has 1 N–H and O–H groups in total. The van der Waals surface area contributed by atoms with Crippen molar-refractivity contribution >= 4 is 29.0 Å². The lowest BCUT2D eigenvalue weighted by atomic mass is 10.1. The Morgan fingerprint density at radius 2 is 1.88 bits per heavy atom. The SMILES string of the molecule is Cc1cccc(C(=O)N[C@@H](C)C(=O)OCC(=O)c2cc(C)n(CCc3cccs3)c2C)c1. The van der Waals surface area contributed by atoms with Gasteiger partial charge in [0.25, 0.3) is 5.91 Å². The smallest absolute Gasteiger partial charge is 0.328 e. The average Bonchev–Trinajstić information content (AvgIpc) is 3.38. The summed E-state index contributed by atoms with van der Waals surface area (Å²) < 4.78 is 7.30. The summed E-state index contributed by atoms with van der Waals surface area (Å²) in [5.74, 6) is -1.27. The number of ether oxygens (including phenoxy) is 1. The van der Waals surface area contributed by atoms with E-state index in [0.717, 1.165) is 29.9 Å². The van der Waals surface area contributed by atoms with Gasteiger partial charge in [-0.2, -0.15) is 0 Å². The van der Waals surface area contributed by atoms with Crippen LogP contribution in [0.4, 0.5) is 0 Å². The van der Waals surface area contributed by atoms with Crippen molar-refractivity contribution < 1.29 is 19.1 Å². The Bertz CT molecular complexity index is 1120. The molecule has 0 saturated heterocycles. The van der Waals surface area contributed by atoms with Gasteiger partial charge < -0.3 is 14.6 Å². The molecule has 2 heterocycles. The number of carbonyl (C=O) groups is 3. The molecule has 0 aliphatic heterocycles. The second kappa shape index (κ2) is 10.4. The molecule has 1 atom stereocenters. The summed E-state index contributed by atoms with van der Waals surface area (Å²) in [5, 5.41) is 4.67. The van der Waals surface area contributed by atoms with Gasteiger partial charge in [0, 0.05) is 33.9 Å². The molecule has 0 aliphatic carbocycles. The van der Waals surface area contributed by atoms with E-state index in [0.29, 0.717) is 11.1 Å². The minimum atomic E-state index is -0.867. The standard InChI is InChI=1S/C25H28N2O4S/c1-16-7-5-8-20(13-16)24(29)26-18(3)25(30)31-15-23(28)22-14-17(2)27(19(22)4)11-10-21-9-6-12-32-21/h5-9,12-14,18H,10-11,15H2,1-4H3,(H,26,29)/t18-/m0/s1. The molecule has 2 aromatic heterocycles. The number of hydrogen-bond acceptors (Lipinski definition) is 5. The maximum absolute atomic E-state index is 12.7. The fourth-order valence-electron chi connectivity index (χ4n) is 3.57. The van der Waals surface area contributed by atoms with Crippen LogP contribution in [0.15, 0.2) is 47.8 Å². The fraction of sp³-hybridized carbons (Fsp3) is 0.320. The summed E-state index contributed by atoms with van der Waals surface area (Å²) >= 11 is 1.72. The highest BCUT2D eigenvalue weighted by atomic mass is 32.1. The molecule has 0 aliphatic rings. The van der Waals surface area contributed by atoms with Crippen molar-refractivity contribution in [2.45, 2.75) is 46.7 Å². The second-order valence-electron chi connectivity index (χ2n) is 7.86. The van der Waals surface area contributed by atoms with Crippen molar-refractivity contribution in [3.63, 3.8) is 0 Å². The number of aryl methyl sites for hydroxylation is 3. The largest absolute Gasteiger partial charge is 0.456 e. The van der Waals surface area contributed by atoms with Crippen LogP contribution in [-0.2, 0) is 22.5 Å². The molecule has 168 valence electrons. The predicted octanol–water partition coefficient (Wildman–Crippen LogP) is 4.26. The van der Waals surface area contributed by atoms with E-state index in [1.54, 1.807) is 29.5 Å². The van der Waals surface area contributed by atoms with Gasteiger partial charge in [0.05, 0.1) is 0 Å². The number of nitrogens with one attached hydrogen (secondary N) is 1. The Kier molecular flexibility index (Phi) is 7.64. The Morgan fingerprint density at radius 1 is 1.09 bits per heavy atom. The van der Waals surface area contributed by atoms with Gasteiger partial charge in [-0.1, -0.05) is 23.8 Å². The minimum Gasteiger partial charge on any atom is -0.456 e. The molecule has 3 aromatic rings. The summed E-state index contributed by atoms with van der Waals surface area (Å²) in [6.45, 7) is 7.72. The van der Waals surface area contributed by atoms with E-state index in [1.807, 2.05) is 39.0 Å². The number of benzene rings is 1. The predicted molar refractivity (Wildman–Crippen MR) is 125 cm³/mol. The van der Waals surface area contributed by atoms with Crippen LogP contribution in [0.1, 0.15) is 49.5 Å². The van der Waals surface area contributed by atoms with Gasteiger partial charge in [0.1, 0.15) is 6.04 Å². The highest BCUT2D eigenvalue weighted by Gasteiger charge is 2.21. The molecular formula is C25H28N2O4S. The number of thiophene rings is 1. The number of rotatable bonds is 9. The van der Waals surface area contributed by atoms with Crippen molar-refractivity contribution in [1.82, 2.24) is 9.88 Å². The Morgan fingerprint density at radius 3 is 2.56 bits per heavy atom. The Labute approximate surface area is 192 Å². The van der Waals surface area contributed by atoms with Crippen LogP contribution in [0.25, 0.3) is 0 Å². The van der Waals surface area contributed by atoms with Crippen LogP contribution in [-0.4, -0.2) is 34.9 Å². The number of esters is 1. The van der Waals surface area contributed by atoms with E-state index in [1.165, 1.54) is 11.8 Å². The number of aromatic nitrogens is 1. The zero-order valence-corrected chi connectivity index (χ0v) is 19.6. The molecule has 0 bridgehead atoms. The van der Waals surface area contributed by atoms with Crippen molar-refractivity contribution in [2.75, 3.05) is 6.61 Å². The first-order valence-electron chi connectivity index (χ1n) is 10.5. The van der Waals surface area contributed by atoms with Gasteiger partial charge in [-0.3, -0.25) is 9.59 Å². The molecule has 7 heteroatoms. The van der Waals surface area contributed by atoms with Gasteiger partial charge in [0.15, 0.2) is 6.61 Å². The van der Waals surface area contributed by atoms with Crippen LogP contribution in [0.5, 0.6) is 0 Å². The number of hydrogen-bond donors (Lipinski definition) is 1. The quantitative estimate of drug-likeness (QED) is 0.389. The second-order valence-corrected chi connectivity index (χ2v) is 8.89. The zero-order chi connectivity index (χ0) is 23.3. The number of ketones is 1. The molecule has 6 nitrogen and oxygen atoms in total. The van der Waals surface area contributed by atoms with Gasteiger partial charge in [-0.15, -0.1) is 11.3 Å². The van der Waals surface area contributed by atoms with Crippen LogP contribution >= 0.6 is 11.3 Å². The summed E-state index contributed by atoms with van der Waals surface area (Å²) in [7, 11) is 0. The summed E-state index contributed by atoms with van der Waals surface area (Å²) in [5.41, 5.74) is 3.83. The van der Waals surface area contributed by atoms with E-state index < -0.39 is 12.0 Å². The van der Waals surface area contributed by atoms with Gasteiger partial charge in [-0.05, 0) is 63.8 Å². The van der Waals surface area contributed by atoms with Crippen molar-refractivity contribution in [3.05, 3.63) is 80.8 Å². The van der Waals surface area contributed by atoms with Crippen molar-refractivity contribution in [2.24, 2.45) is 0 Å². The summed E-state index contributed by atoms with van der Waals surface area (Å²) in [6, 6.07) is 12.2. The number of amides is 1. The molecule has 0 unspecified atom stereocenters. The topological polar surface area (TPSA) is 77.4 Å². The van der Waals surface area contributed by atoms with E-state index >= 15 is 0 Å². The first kappa shape index (κ1) is 23.5. The monoisotopic (exact) mass is 452 g/mol. The third kappa shape index (κ3) is 5.73. The molecule has 1 aromatic carbocycles. The lowest BCUT2D eigenvalue weighted by Crippen LogP contribution is -2.40. The van der Waals surface area contributed by atoms with Gasteiger partial charge in [0.2, 0.25) is 5.78 Å². The average molecular weight is 453 g/mol. The van der Waals surface area contributed by atoms with Crippen LogP contribution in [0.3, 0.4) is 0 Å². The fourth-order valence-corrected chi connectivity index (χ4v) is 4.27. The van der Waals surface area contributed by atoms with Crippen LogP contribution < -0.4 is 5.32 Å². The highest BCUT2D eigenvalue weighted by molar-refractivity contribution is 7.09. The van der Waals surface area contributed by atoms with E-state index in [4.69, 9.17) is 4.74 Å². The molecule has 0 fully saturated rings. The summed E-state index contributed by atoms with van der Waals surface area (Å²) in [4.78, 5) is 38.6. The van der Waals surface area contributed by atoms with E-state index in [2.05, 4.69) is 21.3 Å². The summed E-state index contributed by atoms with van der Waals surface area (Å²) in [6.07, 6.45) is 0.898. The van der Waals surface area contributed by atoms with Gasteiger partial charge >= 0.3 is 5.97 Å². The maximum Gasteiger partial charge on any atom is 0.328 e. The van der Waals surface area contributed by atoms with Gasteiger partial charge in [-0.25, -0.2) is 4.79 Å². The number of Topliss-reactive ketones (excluding diaryl/α,β-unsaturated/α-hetero) is 1. The molecular weight excluding hydrogens is 424 g/mol. The Hall–Kier alpha value is -3.19. The first-order valence-corrected chi connectivity index (χ1v) is 11.4. The minimum absolute atomic E-state index is 0.258. The molecule has 3 rings (SSSR count). The molecule has 0 saturated carbocycles. The highest BCUT2D eigenvalue weighted by Crippen LogP contribution is 2.18. The third-order valence-electron chi connectivity index (χ3n) is 5.36. The molecule has 0 spiro atoms. The number of nitrogens with zero attached hydrogens (tertiary/aromatic N) is 1. The molecule has 32 heavy (non-hydrogen) atoms. The molecule has 0 radical (unpaired) electrons. The van der Waals surface area contributed by atoms with Crippen LogP contribution in [0, 0.1) is 20.8 Å². The molecule has 1 amide bonds. The maximum atomic E-state index is 12.7. The lowest BCUT2D eigenvalue weighted by Gasteiger charge is -2.13.